The van der Waals surface area contributed by atoms with Gasteiger partial charge in [0.05, 0.1) is 5.02 Å². The lowest BCUT2D eigenvalue weighted by Gasteiger charge is -2.40. The third kappa shape index (κ3) is 2.82. The van der Waals surface area contributed by atoms with Crippen molar-refractivity contribution in [2.24, 2.45) is 0 Å². The quantitative estimate of drug-likeness (QED) is 0.907. The fourth-order valence-electron chi connectivity index (χ4n) is 1.89. The number of pyridine rings is 1. The third-order valence-electron chi connectivity index (χ3n) is 3.31. The maximum absolute atomic E-state index is 12.1. The van der Waals surface area contributed by atoms with Crippen LogP contribution in [0.5, 0.6) is 0 Å². The van der Waals surface area contributed by atoms with Gasteiger partial charge in [-0.2, -0.15) is 11.8 Å². The minimum absolute atomic E-state index is 0.0437. The van der Waals surface area contributed by atoms with Crippen molar-refractivity contribution in [2.45, 2.75) is 28.9 Å². The first-order chi connectivity index (χ1) is 8.49. The van der Waals surface area contributed by atoms with Crippen molar-refractivity contribution < 1.29 is 8.42 Å². The van der Waals surface area contributed by atoms with Gasteiger partial charge < -0.3 is 0 Å². The fourth-order valence-corrected chi connectivity index (χ4v) is 4.45. The first-order valence-corrected chi connectivity index (χ1v) is 8.72. The number of aromatic nitrogens is 1. The Balaban J connectivity index is 2.11. The summed E-state index contributed by atoms with van der Waals surface area (Å²) in [5, 5.41) is 0.198. The van der Waals surface area contributed by atoms with Crippen molar-refractivity contribution in [3.8, 4) is 0 Å². The summed E-state index contributed by atoms with van der Waals surface area (Å²) >= 11 is 7.60. The van der Waals surface area contributed by atoms with Gasteiger partial charge in [0.1, 0.15) is 4.90 Å². The average molecular weight is 307 g/mol. The Morgan fingerprint density at radius 1 is 1.56 bits per heavy atom. The van der Waals surface area contributed by atoms with Gasteiger partial charge in [0.25, 0.3) is 0 Å². The molecule has 0 saturated heterocycles. The summed E-state index contributed by atoms with van der Waals surface area (Å²) in [7, 11) is -3.57. The summed E-state index contributed by atoms with van der Waals surface area (Å²) in [6.07, 6.45) is 8.03. The highest BCUT2D eigenvalue weighted by molar-refractivity contribution is 8.00. The van der Waals surface area contributed by atoms with Gasteiger partial charge in [-0.25, -0.2) is 13.1 Å². The van der Waals surface area contributed by atoms with E-state index in [1.54, 1.807) is 11.8 Å². The molecule has 7 heteroatoms. The summed E-state index contributed by atoms with van der Waals surface area (Å²) in [5.74, 6) is 0. The highest BCUT2D eigenvalue weighted by Gasteiger charge is 2.37. The molecule has 1 aliphatic carbocycles. The van der Waals surface area contributed by atoms with E-state index in [1.165, 1.54) is 18.5 Å². The van der Waals surface area contributed by atoms with Gasteiger partial charge in [-0.1, -0.05) is 18.0 Å². The van der Waals surface area contributed by atoms with Crippen LogP contribution >= 0.6 is 23.4 Å². The molecule has 1 aromatic heterocycles. The number of hydrogen-bond acceptors (Lipinski definition) is 4. The SMILES string of the molecule is CSC1(CNS(=O)(=O)c2cnccc2Cl)CCC1. The van der Waals surface area contributed by atoms with E-state index in [0.29, 0.717) is 6.54 Å². The molecule has 0 spiro atoms. The Labute approximate surface area is 117 Å². The normalized spacial score (nSPS) is 18.3. The van der Waals surface area contributed by atoms with Crippen LogP contribution in [0.2, 0.25) is 5.02 Å². The highest BCUT2D eigenvalue weighted by atomic mass is 35.5. The van der Waals surface area contributed by atoms with Crippen molar-refractivity contribution in [1.29, 1.82) is 0 Å². The van der Waals surface area contributed by atoms with Crippen molar-refractivity contribution in [2.75, 3.05) is 12.8 Å². The summed E-state index contributed by atoms with van der Waals surface area (Å²) in [6.45, 7) is 0.446. The highest BCUT2D eigenvalue weighted by Crippen LogP contribution is 2.42. The van der Waals surface area contributed by atoms with Crippen LogP contribution in [0.3, 0.4) is 0 Å². The van der Waals surface area contributed by atoms with Gasteiger partial charge in [0, 0.05) is 23.7 Å². The van der Waals surface area contributed by atoms with Crippen LogP contribution in [-0.2, 0) is 10.0 Å². The number of nitrogens with zero attached hydrogens (tertiary/aromatic N) is 1. The van der Waals surface area contributed by atoms with Crippen LogP contribution in [0.15, 0.2) is 23.4 Å². The Kier molecular flexibility index (Phi) is 4.21. The Bertz CT molecular complexity index is 524. The second-order valence-electron chi connectivity index (χ2n) is 4.37. The van der Waals surface area contributed by atoms with Gasteiger partial charge in [-0.15, -0.1) is 0 Å². The van der Waals surface area contributed by atoms with Crippen molar-refractivity contribution in [3.63, 3.8) is 0 Å². The lowest BCUT2D eigenvalue weighted by Crippen LogP contribution is -2.45. The van der Waals surface area contributed by atoms with E-state index in [9.17, 15) is 8.42 Å². The predicted molar refractivity (Wildman–Crippen MR) is 74.5 cm³/mol. The monoisotopic (exact) mass is 306 g/mol. The van der Waals surface area contributed by atoms with Gasteiger partial charge >= 0.3 is 0 Å². The molecule has 1 fully saturated rings. The molecule has 0 bridgehead atoms. The number of halogens is 1. The Hall–Kier alpha value is -0.300. The van der Waals surface area contributed by atoms with Gasteiger partial charge in [0.15, 0.2) is 0 Å². The van der Waals surface area contributed by atoms with Crippen LogP contribution in [-0.4, -0.2) is 30.9 Å². The first-order valence-electron chi connectivity index (χ1n) is 5.63. The molecule has 100 valence electrons. The second kappa shape index (κ2) is 5.36. The summed E-state index contributed by atoms with van der Waals surface area (Å²) in [6, 6.07) is 1.48. The molecular weight excluding hydrogens is 292 g/mol. The molecule has 0 atom stereocenters. The first kappa shape index (κ1) is 14.1. The Morgan fingerprint density at radius 3 is 2.78 bits per heavy atom. The molecule has 4 nitrogen and oxygen atoms in total. The fraction of sp³-hybridized carbons (Fsp3) is 0.545. The minimum Gasteiger partial charge on any atom is -0.263 e. The van der Waals surface area contributed by atoms with Crippen molar-refractivity contribution in [1.82, 2.24) is 9.71 Å². The lowest BCUT2D eigenvalue weighted by molar-refractivity contribution is 0.362. The topological polar surface area (TPSA) is 59.1 Å². The van der Waals surface area contributed by atoms with Crippen LogP contribution in [0, 0.1) is 0 Å². The van der Waals surface area contributed by atoms with E-state index in [4.69, 9.17) is 11.6 Å². The number of sulfonamides is 1. The van der Waals surface area contributed by atoms with Gasteiger partial charge in [-0.05, 0) is 25.2 Å². The molecule has 0 unspecified atom stereocenters. The van der Waals surface area contributed by atoms with Crippen LogP contribution < -0.4 is 4.72 Å². The summed E-state index contributed by atoms with van der Waals surface area (Å²) < 4.78 is 26.9. The zero-order chi connectivity index (χ0) is 13.2. The van der Waals surface area contributed by atoms with E-state index < -0.39 is 10.0 Å². The van der Waals surface area contributed by atoms with Gasteiger partial charge in [-0.3, -0.25) is 4.98 Å². The molecule has 1 heterocycles. The second-order valence-corrected chi connectivity index (χ2v) is 7.79. The molecule has 1 saturated carbocycles. The number of thioether (sulfide) groups is 1. The summed E-state index contributed by atoms with van der Waals surface area (Å²) in [4.78, 5) is 3.85. The molecule has 0 radical (unpaired) electrons. The smallest absolute Gasteiger partial charge is 0.243 e. The molecule has 2 rings (SSSR count). The van der Waals surface area contributed by atoms with E-state index in [2.05, 4.69) is 9.71 Å². The van der Waals surface area contributed by atoms with E-state index in [0.717, 1.165) is 19.3 Å². The van der Waals surface area contributed by atoms with Gasteiger partial charge in [0.2, 0.25) is 10.0 Å². The maximum atomic E-state index is 12.1. The molecule has 18 heavy (non-hydrogen) atoms. The molecule has 1 aromatic rings. The predicted octanol–water partition coefficient (Wildman–Crippen LogP) is 2.30. The standard InChI is InChI=1S/C11H15ClN2O2S2/c1-17-11(4-2-5-11)8-14-18(15,16)10-7-13-6-3-9(10)12/h3,6-7,14H,2,4-5,8H2,1H3. The maximum Gasteiger partial charge on any atom is 0.243 e. The summed E-state index contributed by atoms with van der Waals surface area (Å²) in [5.41, 5.74) is 0. The number of hydrogen-bond donors (Lipinski definition) is 1. The minimum atomic E-state index is -3.57. The van der Waals surface area contributed by atoms with Crippen molar-refractivity contribution >= 4 is 33.4 Å². The number of nitrogens with one attached hydrogen (secondary N) is 1. The molecule has 0 aromatic carbocycles. The van der Waals surface area contributed by atoms with Crippen LogP contribution in [0.1, 0.15) is 19.3 Å². The van der Waals surface area contributed by atoms with Crippen LogP contribution in [0.4, 0.5) is 0 Å². The average Bonchev–Trinajstić information content (AvgIpc) is 2.28. The zero-order valence-corrected chi connectivity index (χ0v) is 12.4. The lowest BCUT2D eigenvalue weighted by atomic mass is 9.84. The Morgan fingerprint density at radius 2 is 2.28 bits per heavy atom. The number of rotatable bonds is 5. The molecule has 0 aliphatic heterocycles. The largest absolute Gasteiger partial charge is 0.263 e. The molecule has 1 aliphatic rings. The molecule has 0 amide bonds. The molecule has 1 N–H and O–H groups in total. The third-order valence-corrected chi connectivity index (χ3v) is 6.59. The molecular formula is C11H15ClN2O2S2. The van der Waals surface area contributed by atoms with E-state index in [-0.39, 0.29) is 14.7 Å². The zero-order valence-electron chi connectivity index (χ0n) is 10.0. The van der Waals surface area contributed by atoms with Crippen molar-refractivity contribution in [3.05, 3.63) is 23.5 Å². The van der Waals surface area contributed by atoms with E-state index >= 15 is 0 Å². The van der Waals surface area contributed by atoms with Crippen LogP contribution in [0.25, 0.3) is 0 Å². The van der Waals surface area contributed by atoms with E-state index in [1.807, 2.05) is 6.26 Å².